The van der Waals surface area contributed by atoms with Gasteiger partial charge >= 0.3 is 0 Å². The van der Waals surface area contributed by atoms with Crippen molar-refractivity contribution < 1.29 is 0 Å². The molecule has 17 heavy (non-hydrogen) atoms. The fourth-order valence-corrected chi connectivity index (χ4v) is 3.33. The van der Waals surface area contributed by atoms with Crippen LogP contribution in [0, 0.1) is 11.3 Å². The average Bonchev–Trinajstić information content (AvgIpc) is 2.98. The van der Waals surface area contributed by atoms with Crippen molar-refractivity contribution in [3.8, 4) is 6.07 Å². The quantitative estimate of drug-likeness (QED) is 0.830. The van der Waals surface area contributed by atoms with Crippen molar-refractivity contribution in [2.75, 3.05) is 0 Å². The smallest absolute Gasteiger partial charge is 0.176 e. The predicted octanol–water partition coefficient (Wildman–Crippen LogP) is 2.44. The minimum Gasteiger partial charge on any atom is -0.244 e. The van der Waals surface area contributed by atoms with Gasteiger partial charge in [-0.25, -0.2) is 9.97 Å². The van der Waals surface area contributed by atoms with Crippen molar-refractivity contribution in [3.05, 3.63) is 29.2 Å². The number of aromatic nitrogens is 3. The van der Waals surface area contributed by atoms with E-state index in [0.29, 0.717) is 5.56 Å². The second-order valence-electron chi connectivity index (χ2n) is 3.72. The number of aryl methyl sites for hydroxylation is 2. The van der Waals surface area contributed by atoms with E-state index in [9.17, 15) is 0 Å². The fraction of sp³-hybridized carbons (Fsp3) is 0.273. The molecule has 4 nitrogen and oxygen atoms in total. The van der Waals surface area contributed by atoms with E-state index in [0.717, 1.165) is 34.3 Å². The van der Waals surface area contributed by atoms with Gasteiger partial charge in [-0.15, -0.1) is 0 Å². The normalized spacial score (nSPS) is 13.4. The Morgan fingerprint density at radius 1 is 1.41 bits per heavy atom. The zero-order valence-electron chi connectivity index (χ0n) is 8.88. The van der Waals surface area contributed by atoms with Gasteiger partial charge in [-0.3, -0.25) is 0 Å². The Hall–Kier alpha value is -1.45. The van der Waals surface area contributed by atoms with Gasteiger partial charge in [-0.2, -0.15) is 9.64 Å². The Labute approximate surface area is 107 Å². The third-order valence-corrected chi connectivity index (χ3v) is 4.38. The molecule has 0 atom stereocenters. The largest absolute Gasteiger partial charge is 0.244 e. The molecule has 3 rings (SSSR count). The second kappa shape index (κ2) is 4.43. The lowest BCUT2D eigenvalue weighted by Gasteiger charge is -2.04. The van der Waals surface area contributed by atoms with Gasteiger partial charge in [0.1, 0.15) is 17.4 Å². The molecular weight excluding hydrogens is 252 g/mol. The Morgan fingerprint density at radius 3 is 3.12 bits per heavy atom. The van der Waals surface area contributed by atoms with Crippen molar-refractivity contribution in [1.29, 1.82) is 5.26 Å². The molecule has 0 saturated carbocycles. The van der Waals surface area contributed by atoms with E-state index in [4.69, 9.17) is 5.26 Å². The first kappa shape index (κ1) is 10.7. The van der Waals surface area contributed by atoms with Crippen LogP contribution in [0.2, 0.25) is 0 Å². The minimum atomic E-state index is 0.644. The van der Waals surface area contributed by atoms with Crippen LogP contribution in [0.25, 0.3) is 0 Å². The van der Waals surface area contributed by atoms with Crippen LogP contribution in [-0.2, 0) is 12.8 Å². The molecule has 0 fully saturated rings. The van der Waals surface area contributed by atoms with Gasteiger partial charge in [0.25, 0.3) is 0 Å². The molecule has 0 bridgehead atoms. The predicted molar refractivity (Wildman–Crippen MR) is 65.0 cm³/mol. The topological polar surface area (TPSA) is 62.5 Å². The van der Waals surface area contributed by atoms with E-state index in [2.05, 4.69) is 20.4 Å². The molecule has 0 N–H and O–H groups in total. The monoisotopic (exact) mass is 260 g/mol. The van der Waals surface area contributed by atoms with Gasteiger partial charge in [0.05, 0.1) is 5.56 Å². The maximum atomic E-state index is 9.14. The molecule has 2 aromatic rings. The molecule has 0 aliphatic heterocycles. The van der Waals surface area contributed by atoms with Crippen LogP contribution in [0.3, 0.4) is 0 Å². The van der Waals surface area contributed by atoms with Gasteiger partial charge in [0, 0.05) is 5.69 Å². The number of nitrogens with zero attached hydrogens (tertiary/aromatic N) is 4. The van der Waals surface area contributed by atoms with Gasteiger partial charge < -0.3 is 0 Å². The summed E-state index contributed by atoms with van der Waals surface area (Å²) in [6, 6.07) is 4.18. The Bertz CT molecular complexity index is 586. The van der Waals surface area contributed by atoms with Crippen LogP contribution in [0.5, 0.6) is 0 Å². The number of hydrogen-bond donors (Lipinski definition) is 0. The summed E-state index contributed by atoms with van der Waals surface area (Å²) in [5, 5.41) is 9.90. The Balaban J connectivity index is 2.01. The molecule has 0 aromatic carbocycles. The summed E-state index contributed by atoms with van der Waals surface area (Å²) in [5.41, 5.74) is 3.00. The fourth-order valence-electron chi connectivity index (χ4n) is 1.90. The highest BCUT2D eigenvalue weighted by atomic mass is 32.2. The van der Waals surface area contributed by atoms with Crippen LogP contribution in [0.1, 0.15) is 23.2 Å². The van der Waals surface area contributed by atoms with E-state index < -0.39 is 0 Å². The molecule has 0 spiro atoms. The summed E-state index contributed by atoms with van der Waals surface area (Å²) < 4.78 is 4.77. The van der Waals surface area contributed by atoms with Crippen molar-refractivity contribution in [3.63, 3.8) is 0 Å². The summed E-state index contributed by atoms with van der Waals surface area (Å²) in [7, 11) is 0. The average molecular weight is 260 g/mol. The summed E-state index contributed by atoms with van der Waals surface area (Å²) >= 11 is 2.75. The van der Waals surface area contributed by atoms with Crippen LogP contribution in [-0.4, -0.2) is 14.3 Å². The van der Waals surface area contributed by atoms with Crippen molar-refractivity contribution >= 4 is 23.3 Å². The summed E-state index contributed by atoms with van der Waals surface area (Å²) in [4.78, 5) is 8.68. The molecule has 84 valence electrons. The van der Waals surface area contributed by atoms with Gasteiger partial charge in [0.2, 0.25) is 0 Å². The van der Waals surface area contributed by atoms with Gasteiger partial charge in [-0.05, 0) is 54.2 Å². The second-order valence-corrected chi connectivity index (χ2v) is 5.74. The molecular formula is C11H8N4S2. The highest BCUT2D eigenvalue weighted by molar-refractivity contribution is 8.00. The maximum Gasteiger partial charge on any atom is 0.176 e. The van der Waals surface area contributed by atoms with Gasteiger partial charge in [-0.1, -0.05) is 0 Å². The third-order valence-electron chi connectivity index (χ3n) is 2.66. The molecule has 0 unspecified atom stereocenters. The van der Waals surface area contributed by atoms with Crippen LogP contribution < -0.4 is 0 Å². The molecule has 6 heteroatoms. The molecule has 0 saturated heterocycles. The number of fused-ring (bicyclic) bond motifs is 1. The SMILES string of the molecule is N#Cc1cc2c(nc1Sc1ncns1)CCC2. The van der Waals surface area contributed by atoms with E-state index in [-0.39, 0.29) is 0 Å². The lowest BCUT2D eigenvalue weighted by molar-refractivity contribution is 0.891. The lowest BCUT2D eigenvalue weighted by atomic mass is 10.2. The zero-order valence-corrected chi connectivity index (χ0v) is 10.5. The summed E-state index contributed by atoms with van der Waals surface area (Å²) in [6.07, 6.45) is 4.72. The highest BCUT2D eigenvalue weighted by Gasteiger charge is 2.17. The summed E-state index contributed by atoms with van der Waals surface area (Å²) in [5.74, 6) is 0. The van der Waals surface area contributed by atoms with E-state index in [1.54, 1.807) is 0 Å². The standard InChI is InChI=1S/C11H8N4S2/c12-5-8-4-7-2-1-3-9(7)15-10(8)16-11-13-6-14-17-11/h4,6H,1-3H2. The van der Waals surface area contributed by atoms with Crippen molar-refractivity contribution in [1.82, 2.24) is 14.3 Å². The van der Waals surface area contributed by atoms with E-state index in [1.165, 1.54) is 35.2 Å². The Kier molecular flexibility index (Phi) is 2.79. The van der Waals surface area contributed by atoms with E-state index in [1.807, 2.05) is 6.07 Å². The molecule has 0 radical (unpaired) electrons. The Morgan fingerprint density at radius 2 is 2.35 bits per heavy atom. The first-order valence-corrected chi connectivity index (χ1v) is 6.83. The van der Waals surface area contributed by atoms with Crippen LogP contribution in [0.15, 0.2) is 21.8 Å². The van der Waals surface area contributed by atoms with Gasteiger partial charge in [0.15, 0.2) is 4.34 Å². The molecule has 1 aliphatic carbocycles. The minimum absolute atomic E-state index is 0.644. The zero-order chi connectivity index (χ0) is 11.7. The molecule has 1 aliphatic rings. The van der Waals surface area contributed by atoms with Crippen LogP contribution >= 0.6 is 23.3 Å². The molecule has 0 amide bonds. The first-order valence-electron chi connectivity index (χ1n) is 5.24. The van der Waals surface area contributed by atoms with Crippen LogP contribution in [0.4, 0.5) is 0 Å². The number of pyridine rings is 1. The number of nitriles is 1. The first-order chi connectivity index (χ1) is 8.36. The number of rotatable bonds is 2. The molecule has 2 heterocycles. The lowest BCUT2D eigenvalue weighted by Crippen LogP contribution is -1.94. The number of hydrogen-bond acceptors (Lipinski definition) is 6. The highest BCUT2D eigenvalue weighted by Crippen LogP contribution is 2.32. The molecule has 2 aromatic heterocycles. The van der Waals surface area contributed by atoms with E-state index >= 15 is 0 Å². The summed E-state index contributed by atoms with van der Waals surface area (Å²) in [6.45, 7) is 0. The third kappa shape index (κ3) is 2.04. The van der Waals surface area contributed by atoms with Crippen molar-refractivity contribution in [2.45, 2.75) is 28.6 Å². The van der Waals surface area contributed by atoms with Crippen molar-refractivity contribution in [2.24, 2.45) is 0 Å². The maximum absolute atomic E-state index is 9.14.